The van der Waals surface area contributed by atoms with Crippen LogP contribution in [0.3, 0.4) is 0 Å². The van der Waals surface area contributed by atoms with Crippen LogP contribution in [-0.2, 0) is 9.53 Å². The second kappa shape index (κ2) is 4.01. The lowest BCUT2D eigenvalue weighted by atomic mass is 10.4. The van der Waals surface area contributed by atoms with Crippen LogP contribution in [0.4, 0.5) is 0 Å². The molecule has 3 heteroatoms. The highest BCUT2D eigenvalue weighted by molar-refractivity contribution is 5.53. The molecule has 0 aromatic heterocycles. The molecule has 1 fully saturated rings. The van der Waals surface area contributed by atoms with Crippen LogP contribution in [0.5, 0.6) is 0 Å². The zero-order valence-corrected chi connectivity index (χ0v) is 7.95. The minimum atomic E-state index is -0.238. The van der Waals surface area contributed by atoms with E-state index in [1.54, 1.807) is 0 Å². The Kier molecular flexibility index (Phi) is 3.23. The van der Waals surface area contributed by atoms with Gasteiger partial charge in [-0.2, -0.15) is 0 Å². The molecule has 1 heterocycles. The highest BCUT2D eigenvalue weighted by atomic mass is 16.5. The van der Waals surface area contributed by atoms with Gasteiger partial charge in [-0.25, -0.2) is 0 Å². The first-order chi connectivity index (χ1) is 5.73. The molecule has 0 aromatic rings. The molecule has 0 N–H and O–H groups in total. The van der Waals surface area contributed by atoms with Gasteiger partial charge in [-0.3, -0.25) is 9.28 Å². The Morgan fingerprint density at radius 2 is 2.08 bits per heavy atom. The number of likely N-dealkylation sites (N-methyl/N-ethyl adjacent to an activating group) is 1. The van der Waals surface area contributed by atoms with Gasteiger partial charge in [0.25, 0.3) is 6.23 Å². The summed E-state index contributed by atoms with van der Waals surface area (Å²) in [6.45, 7) is 4.70. The molecule has 0 radical (unpaired) electrons. The third-order valence-corrected chi connectivity index (χ3v) is 2.66. The van der Waals surface area contributed by atoms with E-state index < -0.39 is 0 Å². The van der Waals surface area contributed by atoms with Crippen molar-refractivity contribution in [2.24, 2.45) is 0 Å². The van der Waals surface area contributed by atoms with E-state index in [9.17, 15) is 4.79 Å². The number of carbonyl (C=O) groups excluding carboxylic acids is 1. The average Bonchev–Trinajstić information content (AvgIpc) is 2.49. The summed E-state index contributed by atoms with van der Waals surface area (Å²) in [4.78, 5) is 10.7. The molecule has 1 saturated heterocycles. The van der Waals surface area contributed by atoms with Gasteiger partial charge in [0.1, 0.15) is 0 Å². The largest absolute Gasteiger partial charge is 0.323 e. The van der Waals surface area contributed by atoms with Gasteiger partial charge in [0.2, 0.25) is 6.29 Å². The number of ether oxygens (including phenoxy) is 1. The first kappa shape index (κ1) is 9.68. The summed E-state index contributed by atoms with van der Waals surface area (Å²) < 4.78 is 6.16. The Bertz CT molecular complexity index is 153. The Balaban J connectivity index is 2.56. The van der Waals surface area contributed by atoms with Crippen molar-refractivity contribution in [3.63, 3.8) is 0 Å². The topological polar surface area (TPSA) is 26.3 Å². The molecule has 1 rings (SSSR count). The van der Waals surface area contributed by atoms with E-state index >= 15 is 0 Å². The van der Waals surface area contributed by atoms with E-state index in [4.69, 9.17) is 4.74 Å². The van der Waals surface area contributed by atoms with Crippen molar-refractivity contribution in [1.82, 2.24) is 0 Å². The summed E-state index contributed by atoms with van der Waals surface area (Å²) in [6, 6.07) is 0. The predicted molar refractivity (Wildman–Crippen MR) is 46.6 cm³/mol. The normalized spacial score (nSPS) is 23.8. The highest BCUT2D eigenvalue weighted by Gasteiger charge is 2.35. The van der Waals surface area contributed by atoms with E-state index in [1.165, 1.54) is 12.8 Å². The monoisotopic (exact) mass is 172 g/mol. The second-order valence-corrected chi connectivity index (χ2v) is 3.62. The lowest BCUT2D eigenvalue weighted by Crippen LogP contribution is -2.52. The molecular formula is C9H18NO2+. The minimum absolute atomic E-state index is 0.238. The number of rotatable bonds is 4. The number of nitrogens with zero attached hydrogens (tertiary/aromatic N) is 1. The van der Waals surface area contributed by atoms with Gasteiger partial charge in [-0.05, 0) is 6.92 Å². The fraction of sp³-hybridized carbons (Fsp3) is 0.889. The first-order valence-electron chi connectivity index (χ1n) is 4.64. The summed E-state index contributed by atoms with van der Waals surface area (Å²) in [5.74, 6) is 0. The third kappa shape index (κ3) is 1.84. The Hall–Kier alpha value is -0.410. The Labute approximate surface area is 73.9 Å². The lowest BCUT2D eigenvalue weighted by Gasteiger charge is -2.33. The van der Waals surface area contributed by atoms with Gasteiger partial charge in [0, 0.05) is 12.8 Å². The van der Waals surface area contributed by atoms with Crippen molar-refractivity contribution in [3.8, 4) is 0 Å². The summed E-state index contributed by atoms with van der Waals surface area (Å²) in [6.07, 6.45) is 3.13. The zero-order chi connectivity index (χ0) is 9.03. The summed E-state index contributed by atoms with van der Waals surface area (Å²) in [5, 5.41) is 0. The molecule has 1 aliphatic heterocycles. The zero-order valence-electron chi connectivity index (χ0n) is 7.95. The van der Waals surface area contributed by atoms with E-state index in [1.807, 2.05) is 6.92 Å². The molecule has 1 aliphatic rings. The van der Waals surface area contributed by atoms with Crippen LogP contribution < -0.4 is 0 Å². The third-order valence-electron chi connectivity index (χ3n) is 2.66. The smallest absolute Gasteiger partial charge is 0.250 e. The van der Waals surface area contributed by atoms with Crippen molar-refractivity contribution in [2.45, 2.75) is 26.0 Å². The number of quaternary nitrogens is 1. The average molecular weight is 172 g/mol. The van der Waals surface area contributed by atoms with Crippen molar-refractivity contribution >= 4 is 6.29 Å². The number of likely N-dealkylation sites (tertiary alicyclic amines) is 1. The molecule has 0 spiro atoms. The fourth-order valence-corrected chi connectivity index (χ4v) is 1.85. The molecule has 0 amide bonds. The van der Waals surface area contributed by atoms with E-state index in [-0.39, 0.29) is 6.23 Å². The van der Waals surface area contributed by atoms with E-state index in [0.717, 1.165) is 23.9 Å². The lowest BCUT2D eigenvalue weighted by molar-refractivity contribution is -0.933. The quantitative estimate of drug-likeness (QED) is 0.463. The summed E-state index contributed by atoms with van der Waals surface area (Å²) in [5.41, 5.74) is 0. The van der Waals surface area contributed by atoms with Crippen molar-refractivity contribution < 1.29 is 14.0 Å². The van der Waals surface area contributed by atoms with Crippen molar-refractivity contribution in [2.75, 3.05) is 26.7 Å². The Morgan fingerprint density at radius 1 is 1.50 bits per heavy atom. The van der Waals surface area contributed by atoms with Crippen molar-refractivity contribution in [1.29, 1.82) is 0 Å². The molecule has 3 nitrogen and oxygen atoms in total. The molecule has 0 aromatic carbocycles. The van der Waals surface area contributed by atoms with Crippen LogP contribution in [0.15, 0.2) is 0 Å². The molecule has 1 unspecified atom stereocenters. The van der Waals surface area contributed by atoms with Crippen LogP contribution in [0.2, 0.25) is 0 Å². The van der Waals surface area contributed by atoms with Gasteiger partial charge in [0.15, 0.2) is 0 Å². The second-order valence-electron chi connectivity index (χ2n) is 3.62. The molecule has 12 heavy (non-hydrogen) atoms. The summed E-state index contributed by atoms with van der Waals surface area (Å²) >= 11 is 0. The molecule has 0 bridgehead atoms. The van der Waals surface area contributed by atoms with Gasteiger partial charge in [0.05, 0.1) is 26.7 Å². The maximum absolute atomic E-state index is 10.7. The SMILES string of the molecule is CCOC(C=O)[N+]1(C)CCCC1. The summed E-state index contributed by atoms with van der Waals surface area (Å²) in [7, 11) is 2.10. The molecular weight excluding hydrogens is 154 g/mol. The standard InChI is InChI=1S/C9H18NO2/c1-3-12-9(8-11)10(2)6-4-5-7-10/h8-9H,3-7H2,1-2H3/q+1. The van der Waals surface area contributed by atoms with Gasteiger partial charge in [-0.15, -0.1) is 0 Å². The Morgan fingerprint density at radius 3 is 2.50 bits per heavy atom. The van der Waals surface area contributed by atoms with Crippen LogP contribution in [0.1, 0.15) is 19.8 Å². The highest BCUT2D eigenvalue weighted by Crippen LogP contribution is 2.20. The first-order valence-corrected chi connectivity index (χ1v) is 4.64. The predicted octanol–water partition coefficient (Wildman–Crippen LogP) is 0.788. The molecule has 0 aliphatic carbocycles. The van der Waals surface area contributed by atoms with Gasteiger partial charge >= 0.3 is 0 Å². The van der Waals surface area contributed by atoms with E-state index in [2.05, 4.69) is 7.05 Å². The minimum Gasteiger partial charge on any atom is -0.323 e. The number of carbonyl (C=O) groups is 1. The molecule has 1 atom stereocenters. The van der Waals surface area contributed by atoms with Crippen LogP contribution >= 0.6 is 0 Å². The van der Waals surface area contributed by atoms with Gasteiger partial charge in [-0.1, -0.05) is 0 Å². The van der Waals surface area contributed by atoms with Crippen LogP contribution in [0, 0.1) is 0 Å². The van der Waals surface area contributed by atoms with E-state index in [0.29, 0.717) is 6.61 Å². The number of hydrogen-bond donors (Lipinski definition) is 0. The van der Waals surface area contributed by atoms with Crippen LogP contribution in [0.25, 0.3) is 0 Å². The van der Waals surface area contributed by atoms with Crippen molar-refractivity contribution in [3.05, 3.63) is 0 Å². The fourth-order valence-electron chi connectivity index (χ4n) is 1.85. The number of hydrogen-bond acceptors (Lipinski definition) is 2. The van der Waals surface area contributed by atoms with Crippen LogP contribution in [-0.4, -0.2) is 43.7 Å². The maximum Gasteiger partial charge on any atom is 0.250 e. The maximum atomic E-state index is 10.7. The molecule has 0 saturated carbocycles. The van der Waals surface area contributed by atoms with Gasteiger partial charge < -0.3 is 4.74 Å². The number of aldehydes is 1. The molecule has 70 valence electrons.